The number of methoxy groups -OCH3 is 2. The van der Waals surface area contributed by atoms with E-state index < -0.39 is 0 Å². The van der Waals surface area contributed by atoms with Gasteiger partial charge >= 0.3 is 0 Å². The van der Waals surface area contributed by atoms with Crippen LogP contribution in [0.25, 0.3) is 10.9 Å². The molecule has 3 rings (SSSR count). The van der Waals surface area contributed by atoms with Crippen LogP contribution < -0.4 is 24.2 Å². The Morgan fingerprint density at radius 1 is 1.22 bits per heavy atom. The normalized spacial score (nSPS) is 16.5. The van der Waals surface area contributed by atoms with E-state index in [-0.39, 0.29) is 0 Å². The molecule has 0 spiro atoms. The van der Waals surface area contributed by atoms with Crippen LogP contribution >= 0.6 is 12.1 Å². The standard InChI is InChI=1S/C19H29N5O2S/c1-4-13(11-23-27-20)14-5-7-24(8-6-14)19-15-9-17(25-2)18(26-3)10-16(15)21-12-22-19/h9-10,12-14,23H,4-8,11,20H2,1-3H3. The Hall–Kier alpha value is -1.77. The SMILES string of the molecule is CCC(CNSN)C1CCN(c2ncnc3cc(OC)c(OC)cc23)CC1. The van der Waals surface area contributed by atoms with Crippen molar-refractivity contribution in [1.29, 1.82) is 0 Å². The van der Waals surface area contributed by atoms with Crippen LogP contribution in [-0.4, -0.2) is 43.8 Å². The molecule has 0 amide bonds. The summed E-state index contributed by atoms with van der Waals surface area (Å²) in [4.78, 5) is 11.4. The van der Waals surface area contributed by atoms with Gasteiger partial charge in [0.05, 0.1) is 19.7 Å². The van der Waals surface area contributed by atoms with Gasteiger partial charge in [-0.15, -0.1) is 0 Å². The molecule has 27 heavy (non-hydrogen) atoms. The first-order chi connectivity index (χ1) is 13.2. The fourth-order valence-electron chi connectivity index (χ4n) is 4.00. The molecule has 1 fully saturated rings. The van der Waals surface area contributed by atoms with Crippen LogP contribution in [0.1, 0.15) is 26.2 Å². The maximum Gasteiger partial charge on any atom is 0.162 e. The van der Waals surface area contributed by atoms with Gasteiger partial charge in [0.15, 0.2) is 11.5 Å². The minimum Gasteiger partial charge on any atom is -0.493 e. The van der Waals surface area contributed by atoms with Gasteiger partial charge in [0.1, 0.15) is 12.1 Å². The van der Waals surface area contributed by atoms with Gasteiger partial charge in [0, 0.05) is 43.2 Å². The number of hydrogen-bond donors (Lipinski definition) is 2. The number of nitrogens with zero attached hydrogens (tertiary/aromatic N) is 3. The minimum atomic E-state index is 0.662. The summed E-state index contributed by atoms with van der Waals surface area (Å²) < 4.78 is 14.1. The molecule has 7 nitrogen and oxygen atoms in total. The Morgan fingerprint density at radius 2 is 1.93 bits per heavy atom. The Kier molecular flexibility index (Phi) is 6.98. The summed E-state index contributed by atoms with van der Waals surface area (Å²) in [5.74, 6) is 3.74. The molecule has 1 aromatic carbocycles. The van der Waals surface area contributed by atoms with Crippen LogP contribution in [0.2, 0.25) is 0 Å². The lowest BCUT2D eigenvalue weighted by molar-refractivity contribution is 0.269. The third kappa shape index (κ3) is 4.39. The summed E-state index contributed by atoms with van der Waals surface area (Å²) in [6.45, 7) is 5.22. The van der Waals surface area contributed by atoms with Crippen molar-refractivity contribution in [2.75, 3.05) is 38.8 Å². The number of aromatic nitrogens is 2. The minimum absolute atomic E-state index is 0.662. The number of rotatable bonds is 8. The van der Waals surface area contributed by atoms with Crippen molar-refractivity contribution in [3.8, 4) is 11.5 Å². The van der Waals surface area contributed by atoms with E-state index in [4.69, 9.17) is 14.6 Å². The number of nitrogens with two attached hydrogens (primary N) is 1. The van der Waals surface area contributed by atoms with Crippen molar-refractivity contribution in [3.05, 3.63) is 18.5 Å². The number of benzene rings is 1. The Morgan fingerprint density at radius 3 is 2.56 bits per heavy atom. The third-order valence-corrected chi connectivity index (χ3v) is 5.91. The smallest absolute Gasteiger partial charge is 0.162 e. The highest BCUT2D eigenvalue weighted by Gasteiger charge is 2.27. The van der Waals surface area contributed by atoms with Crippen LogP contribution in [0.3, 0.4) is 0 Å². The van der Waals surface area contributed by atoms with E-state index in [0.29, 0.717) is 23.3 Å². The van der Waals surface area contributed by atoms with Crippen molar-refractivity contribution in [2.24, 2.45) is 17.0 Å². The molecule has 0 saturated carbocycles. The second-order valence-electron chi connectivity index (χ2n) is 6.88. The van der Waals surface area contributed by atoms with E-state index in [1.807, 2.05) is 12.1 Å². The summed E-state index contributed by atoms with van der Waals surface area (Å²) in [5, 5.41) is 6.52. The van der Waals surface area contributed by atoms with E-state index in [9.17, 15) is 0 Å². The molecule has 1 unspecified atom stereocenters. The molecule has 148 valence electrons. The van der Waals surface area contributed by atoms with E-state index in [2.05, 4.69) is 26.5 Å². The number of nitrogens with one attached hydrogen (secondary N) is 1. The van der Waals surface area contributed by atoms with Crippen molar-refractivity contribution in [2.45, 2.75) is 26.2 Å². The third-order valence-electron chi connectivity index (χ3n) is 5.58. The first-order valence-corrected chi connectivity index (χ1v) is 10.3. The Labute approximate surface area is 165 Å². The summed E-state index contributed by atoms with van der Waals surface area (Å²) in [6, 6.07) is 3.89. The fraction of sp³-hybridized carbons (Fsp3) is 0.579. The molecule has 1 atom stereocenters. The zero-order valence-electron chi connectivity index (χ0n) is 16.3. The molecule has 0 radical (unpaired) electrons. The number of ether oxygens (including phenoxy) is 2. The average molecular weight is 392 g/mol. The van der Waals surface area contributed by atoms with E-state index in [0.717, 1.165) is 49.2 Å². The van der Waals surface area contributed by atoms with Crippen molar-refractivity contribution in [3.63, 3.8) is 0 Å². The van der Waals surface area contributed by atoms with Gasteiger partial charge in [-0.25, -0.2) is 9.97 Å². The largest absolute Gasteiger partial charge is 0.493 e. The first-order valence-electron chi connectivity index (χ1n) is 9.42. The van der Waals surface area contributed by atoms with Gasteiger partial charge in [-0.05, 0) is 30.7 Å². The van der Waals surface area contributed by atoms with Gasteiger partial charge in [-0.1, -0.05) is 13.3 Å². The lowest BCUT2D eigenvalue weighted by atomic mass is 9.83. The monoisotopic (exact) mass is 391 g/mol. The molecule has 2 heterocycles. The average Bonchev–Trinajstić information content (AvgIpc) is 2.73. The Balaban J connectivity index is 1.79. The summed E-state index contributed by atoms with van der Waals surface area (Å²) >= 11 is 1.22. The maximum absolute atomic E-state index is 5.52. The lowest BCUT2D eigenvalue weighted by Crippen LogP contribution is -2.38. The molecule has 0 aliphatic carbocycles. The molecule has 1 aliphatic heterocycles. The zero-order valence-corrected chi connectivity index (χ0v) is 17.1. The number of piperidine rings is 1. The van der Waals surface area contributed by atoms with Gasteiger partial charge in [-0.2, -0.15) is 0 Å². The number of anilines is 1. The van der Waals surface area contributed by atoms with Crippen molar-refractivity contribution in [1.82, 2.24) is 14.7 Å². The summed E-state index contributed by atoms with van der Waals surface area (Å²) in [6.07, 6.45) is 5.13. The molecular weight excluding hydrogens is 362 g/mol. The number of fused-ring (bicyclic) bond motifs is 1. The molecule has 1 saturated heterocycles. The molecule has 1 aliphatic rings. The topological polar surface area (TPSA) is 85.5 Å². The molecule has 8 heteroatoms. The molecule has 0 bridgehead atoms. The van der Waals surface area contributed by atoms with Crippen LogP contribution in [0.15, 0.2) is 18.5 Å². The van der Waals surface area contributed by atoms with E-state index in [1.165, 1.54) is 18.6 Å². The van der Waals surface area contributed by atoms with Gasteiger partial charge in [0.25, 0.3) is 0 Å². The predicted octanol–water partition coefficient (Wildman–Crippen LogP) is 3.00. The van der Waals surface area contributed by atoms with Crippen molar-refractivity contribution >= 4 is 28.9 Å². The van der Waals surface area contributed by atoms with Crippen LogP contribution in [0, 0.1) is 11.8 Å². The van der Waals surface area contributed by atoms with E-state index in [1.54, 1.807) is 20.5 Å². The van der Waals surface area contributed by atoms with Gasteiger partial charge in [0.2, 0.25) is 0 Å². The quantitative estimate of drug-likeness (QED) is 0.664. The lowest BCUT2D eigenvalue weighted by Gasteiger charge is -2.36. The van der Waals surface area contributed by atoms with Crippen LogP contribution in [-0.2, 0) is 0 Å². The molecular formula is C19H29N5O2S. The summed E-state index contributed by atoms with van der Waals surface area (Å²) in [7, 11) is 3.29. The fourth-order valence-corrected chi connectivity index (χ4v) is 4.31. The first kappa shape index (κ1) is 20.0. The molecule has 1 aromatic heterocycles. The highest BCUT2D eigenvalue weighted by atomic mass is 32.2. The maximum atomic E-state index is 5.52. The van der Waals surface area contributed by atoms with Crippen LogP contribution in [0.4, 0.5) is 5.82 Å². The summed E-state index contributed by atoms with van der Waals surface area (Å²) in [5.41, 5.74) is 0.871. The van der Waals surface area contributed by atoms with Crippen LogP contribution in [0.5, 0.6) is 11.5 Å². The molecule has 2 aromatic rings. The molecule has 3 N–H and O–H groups in total. The van der Waals surface area contributed by atoms with Gasteiger partial charge in [-0.3, -0.25) is 9.86 Å². The highest BCUT2D eigenvalue weighted by Crippen LogP contribution is 2.36. The van der Waals surface area contributed by atoms with Gasteiger partial charge < -0.3 is 14.4 Å². The Bertz CT molecular complexity index is 752. The number of hydrogen-bond acceptors (Lipinski definition) is 8. The highest BCUT2D eigenvalue weighted by molar-refractivity contribution is 7.95. The second kappa shape index (κ2) is 9.43. The van der Waals surface area contributed by atoms with Crippen molar-refractivity contribution < 1.29 is 9.47 Å². The van der Waals surface area contributed by atoms with E-state index >= 15 is 0 Å². The zero-order chi connectivity index (χ0) is 19.2. The second-order valence-corrected chi connectivity index (χ2v) is 7.41. The predicted molar refractivity (Wildman–Crippen MR) is 111 cm³/mol.